The van der Waals surface area contributed by atoms with Crippen molar-refractivity contribution in [3.05, 3.63) is 61.4 Å². The monoisotopic (exact) mass is 287 g/mol. The lowest BCUT2D eigenvalue weighted by Crippen LogP contribution is -2.29. The van der Waals surface area contributed by atoms with E-state index in [2.05, 4.69) is 15.3 Å². The molecule has 0 spiro atoms. The third-order valence-corrected chi connectivity index (χ3v) is 3.47. The first kappa shape index (κ1) is 14.8. The van der Waals surface area contributed by atoms with Gasteiger partial charge in [-0.3, -0.25) is 14.6 Å². The fourth-order valence-corrected chi connectivity index (χ4v) is 2.08. The number of aromatic amines is 2. The molecule has 0 fully saturated rings. The van der Waals surface area contributed by atoms with Gasteiger partial charge in [0.05, 0.1) is 6.42 Å². The van der Waals surface area contributed by atoms with E-state index in [1.165, 1.54) is 0 Å². The van der Waals surface area contributed by atoms with Crippen LogP contribution in [0.5, 0.6) is 0 Å². The van der Waals surface area contributed by atoms with E-state index >= 15 is 0 Å². The lowest BCUT2D eigenvalue weighted by molar-refractivity contribution is -0.115. The molecule has 6 heteroatoms. The third kappa shape index (κ3) is 3.28. The van der Waals surface area contributed by atoms with E-state index in [1.54, 1.807) is 6.92 Å². The summed E-state index contributed by atoms with van der Waals surface area (Å²) < 4.78 is 0. The van der Waals surface area contributed by atoms with Crippen LogP contribution in [0.4, 0.5) is 5.69 Å². The van der Waals surface area contributed by atoms with E-state index in [-0.39, 0.29) is 17.9 Å². The number of benzene rings is 1. The Labute approximate surface area is 121 Å². The summed E-state index contributed by atoms with van der Waals surface area (Å²) in [5.41, 5.74) is 2.34. The number of amides is 1. The van der Waals surface area contributed by atoms with E-state index in [0.29, 0.717) is 5.69 Å². The number of aryl methyl sites for hydroxylation is 2. The van der Waals surface area contributed by atoms with Crippen LogP contribution in [0.2, 0.25) is 0 Å². The summed E-state index contributed by atoms with van der Waals surface area (Å²) in [4.78, 5) is 39.5. The fraction of sp³-hybridized carbons (Fsp3) is 0.267. The SMILES string of the molecule is Cc1cccc(NC(=O)Cc2c(C)[nH]c(=O)[nH]c2=O)c1C. The Morgan fingerprint density at radius 3 is 2.52 bits per heavy atom. The maximum absolute atomic E-state index is 12.1. The predicted molar refractivity (Wildman–Crippen MR) is 80.7 cm³/mol. The average Bonchev–Trinajstić information content (AvgIpc) is 2.39. The minimum absolute atomic E-state index is 0.0919. The Morgan fingerprint density at radius 1 is 1.14 bits per heavy atom. The first-order valence-corrected chi connectivity index (χ1v) is 6.56. The predicted octanol–water partition coefficient (Wildman–Crippen LogP) is 1.17. The minimum atomic E-state index is -0.573. The highest BCUT2D eigenvalue weighted by Crippen LogP contribution is 2.18. The Bertz CT molecular complexity index is 803. The highest BCUT2D eigenvalue weighted by molar-refractivity contribution is 5.93. The summed E-state index contributed by atoms with van der Waals surface area (Å²) in [6.07, 6.45) is -0.0919. The number of nitrogens with one attached hydrogen (secondary N) is 3. The Kier molecular flexibility index (Phi) is 4.07. The van der Waals surface area contributed by atoms with E-state index < -0.39 is 11.2 Å². The van der Waals surface area contributed by atoms with Gasteiger partial charge in [0.2, 0.25) is 5.91 Å². The second kappa shape index (κ2) is 5.78. The maximum Gasteiger partial charge on any atom is 0.325 e. The fourth-order valence-electron chi connectivity index (χ4n) is 2.08. The van der Waals surface area contributed by atoms with Gasteiger partial charge >= 0.3 is 5.69 Å². The second-order valence-electron chi connectivity index (χ2n) is 4.98. The summed E-state index contributed by atoms with van der Waals surface area (Å²) >= 11 is 0. The number of rotatable bonds is 3. The highest BCUT2D eigenvalue weighted by atomic mass is 16.2. The van der Waals surface area contributed by atoms with Crippen LogP contribution in [0.25, 0.3) is 0 Å². The molecule has 0 bridgehead atoms. The average molecular weight is 287 g/mol. The molecule has 1 heterocycles. The number of H-pyrrole nitrogens is 2. The van der Waals surface area contributed by atoms with Gasteiger partial charge in [-0.25, -0.2) is 4.79 Å². The smallest absolute Gasteiger partial charge is 0.325 e. The molecular formula is C15H17N3O3. The zero-order valence-electron chi connectivity index (χ0n) is 12.2. The van der Waals surface area contributed by atoms with Gasteiger partial charge in [-0.1, -0.05) is 12.1 Å². The van der Waals surface area contributed by atoms with Crippen LogP contribution in [-0.4, -0.2) is 15.9 Å². The molecule has 110 valence electrons. The molecule has 2 rings (SSSR count). The first-order valence-electron chi connectivity index (χ1n) is 6.56. The van der Waals surface area contributed by atoms with Crippen LogP contribution >= 0.6 is 0 Å². The molecule has 2 aromatic rings. The van der Waals surface area contributed by atoms with Gasteiger partial charge in [0.25, 0.3) is 5.56 Å². The van der Waals surface area contributed by atoms with Gasteiger partial charge in [-0.05, 0) is 38.0 Å². The van der Waals surface area contributed by atoms with Crippen molar-refractivity contribution in [3.8, 4) is 0 Å². The Hall–Kier alpha value is -2.63. The quantitative estimate of drug-likeness (QED) is 0.790. The number of carbonyl (C=O) groups is 1. The largest absolute Gasteiger partial charge is 0.326 e. The summed E-state index contributed by atoms with van der Waals surface area (Å²) in [6.45, 7) is 5.47. The molecule has 0 aliphatic carbocycles. The molecule has 0 unspecified atom stereocenters. The molecule has 0 saturated carbocycles. The molecule has 0 aliphatic heterocycles. The molecule has 0 atom stereocenters. The normalized spacial score (nSPS) is 10.4. The van der Waals surface area contributed by atoms with Crippen molar-refractivity contribution in [2.75, 3.05) is 5.32 Å². The number of aromatic nitrogens is 2. The van der Waals surface area contributed by atoms with E-state index in [0.717, 1.165) is 16.8 Å². The molecule has 0 saturated heterocycles. The Balaban J connectivity index is 2.22. The third-order valence-electron chi connectivity index (χ3n) is 3.47. The van der Waals surface area contributed by atoms with Gasteiger partial charge in [0.15, 0.2) is 0 Å². The standard InChI is InChI=1S/C15H17N3O3/c1-8-5-4-6-12(9(8)2)17-13(19)7-11-10(3)16-15(21)18-14(11)20/h4-6H,7H2,1-3H3,(H,17,19)(H2,16,18,20,21). The summed E-state index contributed by atoms with van der Waals surface area (Å²) in [7, 11) is 0. The molecule has 21 heavy (non-hydrogen) atoms. The highest BCUT2D eigenvalue weighted by Gasteiger charge is 2.12. The van der Waals surface area contributed by atoms with Crippen LogP contribution in [-0.2, 0) is 11.2 Å². The van der Waals surface area contributed by atoms with E-state index in [1.807, 2.05) is 32.0 Å². The molecule has 1 amide bonds. The lowest BCUT2D eigenvalue weighted by Gasteiger charge is -2.10. The van der Waals surface area contributed by atoms with Crippen molar-refractivity contribution >= 4 is 11.6 Å². The second-order valence-corrected chi connectivity index (χ2v) is 4.98. The number of carbonyl (C=O) groups excluding carboxylic acids is 1. The molecule has 3 N–H and O–H groups in total. The van der Waals surface area contributed by atoms with Crippen molar-refractivity contribution in [3.63, 3.8) is 0 Å². The van der Waals surface area contributed by atoms with E-state index in [9.17, 15) is 14.4 Å². The van der Waals surface area contributed by atoms with Gasteiger partial charge in [0, 0.05) is 16.9 Å². The van der Waals surface area contributed by atoms with Gasteiger partial charge < -0.3 is 10.3 Å². The molecule has 6 nitrogen and oxygen atoms in total. The molecule has 1 aromatic carbocycles. The topological polar surface area (TPSA) is 94.8 Å². The van der Waals surface area contributed by atoms with Crippen LogP contribution in [0, 0.1) is 20.8 Å². The van der Waals surface area contributed by atoms with Crippen LogP contribution in [0.15, 0.2) is 27.8 Å². The van der Waals surface area contributed by atoms with Crippen molar-refractivity contribution in [1.82, 2.24) is 9.97 Å². The summed E-state index contributed by atoms with van der Waals surface area (Å²) in [6, 6.07) is 5.63. The van der Waals surface area contributed by atoms with Crippen molar-refractivity contribution in [1.29, 1.82) is 0 Å². The lowest BCUT2D eigenvalue weighted by atomic mass is 10.1. The first-order chi connectivity index (χ1) is 9.88. The summed E-state index contributed by atoms with van der Waals surface area (Å²) in [5.74, 6) is -0.302. The number of hydrogen-bond donors (Lipinski definition) is 3. The zero-order chi connectivity index (χ0) is 15.6. The summed E-state index contributed by atoms with van der Waals surface area (Å²) in [5, 5.41) is 2.78. The molecule has 0 radical (unpaired) electrons. The number of hydrogen-bond acceptors (Lipinski definition) is 3. The van der Waals surface area contributed by atoms with E-state index in [4.69, 9.17) is 0 Å². The van der Waals surface area contributed by atoms with Crippen molar-refractivity contribution in [2.45, 2.75) is 27.2 Å². The Morgan fingerprint density at radius 2 is 1.86 bits per heavy atom. The molecule has 1 aromatic heterocycles. The van der Waals surface area contributed by atoms with Gasteiger partial charge in [-0.15, -0.1) is 0 Å². The minimum Gasteiger partial charge on any atom is -0.326 e. The molecule has 0 aliphatic rings. The van der Waals surface area contributed by atoms with Gasteiger partial charge in [0.1, 0.15) is 0 Å². The zero-order valence-corrected chi connectivity index (χ0v) is 12.2. The van der Waals surface area contributed by atoms with Crippen molar-refractivity contribution in [2.24, 2.45) is 0 Å². The maximum atomic E-state index is 12.1. The van der Waals surface area contributed by atoms with Crippen LogP contribution in [0.1, 0.15) is 22.4 Å². The number of anilines is 1. The van der Waals surface area contributed by atoms with Crippen LogP contribution < -0.4 is 16.6 Å². The molecular weight excluding hydrogens is 270 g/mol. The van der Waals surface area contributed by atoms with Crippen molar-refractivity contribution < 1.29 is 4.79 Å². The van der Waals surface area contributed by atoms with Crippen LogP contribution in [0.3, 0.4) is 0 Å². The van der Waals surface area contributed by atoms with Gasteiger partial charge in [-0.2, -0.15) is 0 Å².